The second-order valence-electron chi connectivity index (χ2n) is 5.30. The molecule has 2 aromatic rings. The van der Waals surface area contributed by atoms with Crippen LogP contribution in [0.1, 0.15) is 24.2 Å². The van der Waals surface area contributed by atoms with E-state index in [0.29, 0.717) is 11.3 Å². The summed E-state index contributed by atoms with van der Waals surface area (Å²) in [5.74, 6) is 0.513. The van der Waals surface area contributed by atoms with Gasteiger partial charge in [0, 0.05) is 35.6 Å². The van der Waals surface area contributed by atoms with E-state index in [9.17, 15) is 9.59 Å². The summed E-state index contributed by atoms with van der Waals surface area (Å²) < 4.78 is 5.08. The van der Waals surface area contributed by atoms with E-state index >= 15 is 0 Å². The Balaban J connectivity index is 2.02. The molecule has 1 amide bonds. The molecule has 0 aliphatic rings. The van der Waals surface area contributed by atoms with Crippen molar-refractivity contribution < 1.29 is 14.3 Å². The number of ether oxygens (including phenoxy) is 1. The predicted octanol–water partition coefficient (Wildman–Crippen LogP) is 3.85. The van der Waals surface area contributed by atoms with Crippen LogP contribution in [-0.2, 0) is 4.79 Å². The number of ketones is 1. The predicted molar refractivity (Wildman–Crippen MR) is 95.4 cm³/mol. The van der Waals surface area contributed by atoms with Gasteiger partial charge in [0.25, 0.3) is 0 Å². The van der Waals surface area contributed by atoms with Crippen LogP contribution in [0, 0.1) is 0 Å². The number of allylic oxidation sites excluding steroid dienone is 2. The Morgan fingerprint density at radius 3 is 1.92 bits per heavy atom. The minimum Gasteiger partial charge on any atom is -0.497 e. The average molecular weight is 324 g/mol. The van der Waals surface area contributed by atoms with Crippen LogP contribution in [0.5, 0.6) is 5.75 Å². The summed E-state index contributed by atoms with van der Waals surface area (Å²) in [5, 5.41) is 5.85. The van der Waals surface area contributed by atoms with E-state index in [1.165, 1.54) is 6.92 Å². The van der Waals surface area contributed by atoms with Gasteiger partial charge in [-0.3, -0.25) is 9.59 Å². The number of anilines is 2. The lowest BCUT2D eigenvalue weighted by Gasteiger charge is -2.08. The maximum Gasteiger partial charge on any atom is 0.221 e. The number of hydrogen-bond donors (Lipinski definition) is 2. The Morgan fingerprint density at radius 1 is 0.875 bits per heavy atom. The van der Waals surface area contributed by atoms with E-state index in [1.54, 1.807) is 49.6 Å². The fourth-order valence-electron chi connectivity index (χ4n) is 2.14. The molecule has 0 unspecified atom stereocenters. The molecule has 0 atom stereocenters. The van der Waals surface area contributed by atoms with Gasteiger partial charge in [-0.2, -0.15) is 0 Å². The van der Waals surface area contributed by atoms with Gasteiger partial charge in [-0.1, -0.05) is 0 Å². The number of amides is 1. The van der Waals surface area contributed by atoms with Crippen molar-refractivity contribution in [3.8, 4) is 5.75 Å². The van der Waals surface area contributed by atoms with Gasteiger partial charge in [0.05, 0.1) is 7.11 Å². The van der Waals surface area contributed by atoms with Gasteiger partial charge in [0.15, 0.2) is 5.78 Å². The Morgan fingerprint density at radius 2 is 1.42 bits per heavy atom. The van der Waals surface area contributed by atoms with E-state index in [4.69, 9.17) is 4.74 Å². The van der Waals surface area contributed by atoms with Crippen LogP contribution in [0.3, 0.4) is 0 Å². The van der Waals surface area contributed by atoms with E-state index in [0.717, 1.165) is 17.1 Å². The van der Waals surface area contributed by atoms with Gasteiger partial charge in [0.2, 0.25) is 5.91 Å². The van der Waals surface area contributed by atoms with Crippen molar-refractivity contribution >= 4 is 23.1 Å². The summed E-state index contributed by atoms with van der Waals surface area (Å²) >= 11 is 0. The summed E-state index contributed by atoms with van der Waals surface area (Å²) in [6.07, 6.45) is 1.55. The standard InChI is InChI=1S/C19H20N2O3/c1-13(12-19(23)15-4-10-18(24-3)11-5-15)20-16-6-8-17(9-7-16)21-14(2)22/h4-12,20H,1-3H3,(H,21,22)/b13-12-. The molecule has 24 heavy (non-hydrogen) atoms. The Bertz CT molecular complexity index is 747. The van der Waals surface area contributed by atoms with Crippen molar-refractivity contribution in [2.45, 2.75) is 13.8 Å². The molecule has 0 saturated heterocycles. The molecule has 0 radical (unpaired) electrons. The number of methoxy groups -OCH3 is 1. The van der Waals surface area contributed by atoms with Crippen LogP contribution in [0.4, 0.5) is 11.4 Å². The fraction of sp³-hybridized carbons (Fsp3) is 0.158. The molecule has 0 aliphatic heterocycles. The zero-order valence-corrected chi connectivity index (χ0v) is 13.9. The monoisotopic (exact) mass is 324 g/mol. The summed E-state index contributed by atoms with van der Waals surface area (Å²) in [7, 11) is 1.59. The van der Waals surface area contributed by atoms with E-state index < -0.39 is 0 Å². The molecule has 5 nitrogen and oxygen atoms in total. The van der Waals surface area contributed by atoms with Crippen molar-refractivity contribution in [2.75, 3.05) is 17.7 Å². The molecular weight excluding hydrogens is 304 g/mol. The third-order valence-corrected chi connectivity index (χ3v) is 3.27. The van der Waals surface area contributed by atoms with Crippen LogP contribution >= 0.6 is 0 Å². The Labute approximate surface area is 141 Å². The number of carbonyl (C=O) groups excluding carboxylic acids is 2. The molecular formula is C19H20N2O3. The third kappa shape index (κ3) is 4.98. The summed E-state index contributed by atoms with van der Waals surface area (Å²) in [5.41, 5.74) is 2.88. The second kappa shape index (κ2) is 7.97. The zero-order valence-electron chi connectivity index (χ0n) is 13.9. The molecule has 2 N–H and O–H groups in total. The molecule has 2 rings (SSSR count). The SMILES string of the molecule is COc1ccc(C(=O)/C=C(/C)Nc2ccc(NC(C)=O)cc2)cc1. The smallest absolute Gasteiger partial charge is 0.221 e. The fourth-order valence-corrected chi connectivity index (χ4v) is 2.14. The molecule has 0 heterocycles. The highest BCUT2D eigenvalue weighted by atomic mass is 16.5. The van der Waals surface area contributed by atoms with Crippen LogP contribution in [-0.4, -0.2) is 18.8 Å². The van der Waals surface area contributed by atoms with Crippen molar-refractivity contribution in [3.05, 3.63) is 65.9 Å². The first-order valence-corrected chi connectivity index (χ1v) is 7.49. The van der Waals surface area contributed by atoms with Gasteiger partial charge < -0.3 is 15.4 Å². The van der Waals surface area contributed by atoms with Gasteiger partial charge in [-0.15, -0.1) is 0 Å². The first kappa shape index (κ1) is 17.3. The van der Waals surface area contributed by atoms with Crippen molar-refractivity contribution in [1.82, 2.24) is 0 Å². The number of nitrogens with one attached hydrogen (secondary N) is 2. The minimum absolute atomic E-state index is 0.0856. The maximum atomic E-state index is 12.2. The molecule has 124 valence electrons. The van der Waals surface area contributed by atoms with Crippen LogP contribution in [0.15, 0.2) is 60.3 Å². The topological polar surface area (TPSA) is 67.4 Å². The number of hydrogen-bond acceptors (Lipinski definition) is 4. The van der Waals surface area contributed by atoms with Gasteiger partial charge in [-0.05, 0) is 55.5 Å². The van der Waals surface area contributed by atoms with Gasteiger partial charge in [-0.25, -0.2) is 0 Å². The maximum absolute atomic E-state index is 12.2. The lowest BCUT2D eigenvalue weighted by Crippen LogP contribution is -2.05. The van der Waals surface area contributed by atoms with Crippen LogP contribution in [0.25, 0.3) is 0 Å². The molecule has 0 fully saturated rings. The zero-order chi connectivity index (χ0) is 17.5. The van der Waals surface area contributed by atoms with Crippen LogP contribution in [0.2, 0.25) is 0 Å². The molecule has 0 aromatic heterocycles. The Kier molecular flexibility index (Phi) is 5.73. The van der Waals surface area contributed by atoms with E-state index in [-0.39, 0.29) is 11.7 Å². The minimum atomic E-state index is -0.114. The summed E-state index contributed by atoms with van der Waals surface area (Å²) in [6, 6.07) is 14.2. The lowest BCUT2D eigenvalue weighted by molar-refractivity contribution is -0.114. The van der Waals surface area contributed by atoms with E-state index in [1.807, 2.05) is 19.1 Å². The average Bonchev–Trinajstić information content (AvgIpc) is 2.56. The Hall–Kier alpha value is -3.08. The van der Waals surface area contributed by atoms with Gasteiger partial charge in [0.1, 0.15) is 5.75 Å². The van der Waals surface area contributed by atoms with Crippen molar-refractivity contribution in [1.29, 1.82) is 0 Å². The summed E-state index contributed by atoms with van der Waals surface area (Å²) in [4.78, 5) is 23.2. The van der Waals surface area contributed by atoms with E-state index in [2.05, 4.69) is 10.6 Å². The third-order valence-electron chi connectivity index (χ3n) is 3.27. The molecule has 5 heteroatoms. The summed E-state index contributed by atoms with van der Waals surface area (Å²) in [6.45, 7) is 3.28. The largest absolute Gasteiger partial charge is 0.497 e. The number of benzene rings is 2. The second-order valence-corrected chi connectivity index (χ2v) is 5.30. The molecule has 0 spiro atoms. The molecule has 0 saturated carbocycles. The quantitative estimate of drug-likeness (QED) is 0.625. The van der Waals surface area contributed by atoms with Crippen molar-refractivity contribution in [2.24, 2.45) is 0 Å². The first-order valence-electron chi connectivity index (χ1n) is 7.49. The molecule has 2 aromatic carbocycles. The number of carbonyl (C=O) groups is 2. The highest BCUT2D eigenvalue weighted by Crippen LogP contribution is 2.16. The number of rotatable bonds is 6. The van der Waals surface area contributed by atoms with Crippen LogP contribution < -0.4 is 15.4 Å². The molecule has 0 bridgehead atoms. The van der Waals surface area contributed by atoms with Gasteiger partial charge >= 0.3 is 0 Å². The van der Waals surface area contributed by atoms with Crippen molar-refractivity contribution in [3.63, 3.8) is 0 Å². The molecule has 0 aliphatic carbocycles. The lowest BCUT2D eigenvalue weighted by atomic mass is 10.1. The normalized spacial score (nSPS) is 10.9. The highest BCUT2D eigenvalue weighted by Gasteiger charge is 2.04. The first-order chi connectivity index (χ1) is 11.5. The highest BCUT2D eigenvalue weighted by molar-refractivity contribution is 6.05.